The van der Waals surface area contributed by atoms with Gasteiger partial charge in [-0.1, -0.05) is 97.1 Å². The van der Waals surface area contributed by atoms with Gasteiger partial charge in [0.25, 0.3) is 0 Å². The second-order valence-electron chi connectivity index (χ2n) is 13.7. The van der Waals surface area contributed by atoms with Crippen molar-refractivity contribution >= 4 is 65.6 Å². The van der Waals surface area contributed by atoms with Gasteiger partial charge in [-0.2, -0.15) is 0 Å². The Bertz CT molecular complexity index is 3270. The summed E-state index contributed by atoms with van der Waals surface area (Å²) in [5.41, 5.74) is 13.1. The van der Waals surface area contributed by atoms with Gasteiger partial charge in [0.1, 0.15) is 11.2 Å². The van der Waals surface area contributed by atoms with Crippen LogP contribution in [0.4, 0.5) is 0 Å². The number of hydrogen-bond donors (Lipinski definition) is 0. The summed E-state index contributed by atoms with van der Waals surface area (Å²) in [6.45, 7) is 0. The lowest BCUT2D eigenvalue weighted by molar-refractivity contribution is 0.478. The molecule has 1 aliphatic rings. The molecule has 4 heteroatoms. The van der Waals surface area contributed by atoms with Crippen molar-refractivity contribution in [2.75, 3.05) is 0 Å². The van der Waals surface area contributed by atoms with Crippen molar-refractivity contribution in [3.63, 3.8) is 0 Å². The number of para-hydroxylation sites is 5. The number of rotatable bonds is 3. The SMILES string of the molecule is c1ccc2c(c1)Oc1c(-c3ccc(-n4c5ccccc5c5cc(-c6ccc7c(c6)oc6ccccc67)ccc54)cc3)ccc3c4ccccc4n-2c13. The molecule has 0 spiro atoms. The monoisotopic (exact) mass is 664 g/mol. The zero-order valence-electron chi connectivity index (χ0n) is 27.9. The fourth-order valence-electron chi connectivity index (χ4n) is 8.57. The molecule has 4 heterocycles. The fourth-order valence-corrected chi connectivity index (χ4v) is 8.57. The minimum Gasteiger partial charge on any atom is -0.456 e. The Hall–Kier alpha value is -7.04. The van der Waals surface area contributed by atoms with Crippen molar-refractivity contribution < 1.29 is 9.15 Å². The van der Waals surface area contributed by atoms with E-state index in [1.54, 1.807) is 0 Å². The van der Waals surface area contributed by atoms with Crippen molar-refractivity contribution in [2.24, 2.45) is 0 Å². The summed E-state index contributed by atoms with van der Waals surface area (Å²) in [5, 5.41) is 7.16. The molecule has 3 aromatic heterocycles. The maximum Gasteiger partial charge on any atom is 0.160 e. The van der Waals surface area contributed by atoms with E-state index >= 15 is 0 Å². The summed E-state index contributed by atoms with van der Waals surface area (Å²) in [7, 11) is 0. The lowest BCUT2D eigenvalue weighted by atomic mass is 10.0. The molecule has 0 radical (unpaired) electrons. The zero-order chi connectivity index (χ0) is 33.9. The highest BCUT2D eigenvalue weighted by Crippen LogP contribution is 2.49. The Kier molecular flexibility index (Phi) is 5.47. The van der Waals surface area contributed by atoms with Crippen molar-refractivity contribution in [3.8, 4) is 45.1 Å². The summed E-state index contributed by atoms with van der Waals surface area (Å²) < 4.78 is 17.7. The van der Waals surface area contributed by atoms with Crippen LogP contribution in [0, 0.1) is 0 Å². The molecule has 11 aromatic rings. The molecule has 4 nitrogen and oxygen atoms in total. The van der Waals surface area contributed by atoms with Crippen LogP contribution in [0.15, 0.2) is 174 Å². The third-order valence-corrected chi connectivity index (χ3v) is 10.9. The molecule has 0 bridgehead atoms. The van der Waals surface area contributed by atoms with E-state index in [0.29, 0.717) is 0 Å². The first-order valence-electron chi connectivity index (χ1n) is 17.7. The molecule has 52 heavy (non-hydrogen) atoms. The maximum absolute atomic E-state index is 6.74. The molecule has 0 aliphatic carbocycles. The summed E-state index contributed by atoms with van der Waals surface area (Å²) in [4.78, 5) is 0. The van der Waals surface area contributed by atoms with Crippen LogP contribution in [0.5, 0.6) is 11.5 Å². The van der Waals surface area contributed by atoms with Crippen LogP contribution < -0.4 is 4.74 Å². The molecule has 242 valence electrons. The third-order valence-electron chi connectivity index (χ3n) is 10.9. The smallest absolute Gasteiger partial charge is 0.160 e. The number of ether oxygens (including phenoxy) is 1. The van der Waals surface area contributed by atoms with Crippen LogP contribution in [0.25, 0.3) is 99.2 Å². The van der Waals surface area contributed by atoms with Crippen LogP contribution in [0.2, 0.25) is 0 Å². The van der Waals surface area contributed by atoms with Gasteiger partial charge in [-0.05, 0) is 89.5 Å². The Morgan fingerprint density at radius 3 is 1.87 bits per heavy atom. The van der Waals surface area contributed by atoms with Crippen LogP contribution in [0.1, 0.15) is 0 Å². The quantitative estimate of drug-likeness (QED) is 0.188. The second kappa shape index (κ2) is 10.3. The zero-order valence-corrected chi connectivity index (χ0v) is 27.9. The predicted octanol–water partition coefficient (Wildman–Crippen LogP) is 13.2. The molecule has 8 aromatic carbocycles. The third kappa shape index (κ3) is 3.75. The van der Waals surface area contributed by atoms with Crippen LogP contribution in [0.3, 0.4) is 0 Å². The molecular weight excluding hydrogens is 637 g/mol. The van der Waals surface area contributed by atoms with Crippen molar-refractivity contribution in [1.29, 1.82) is 0 Å². The highest BCUT2D eigenvalue weighted by atomic mass is 16.5. The van der Waals surface area contributed by atoms with Crippen LogP contribution in [-0.4, -0.2) is 9.13 Å². The number of benzene rings is 8. The van der Waals surface area contributed by atoms with Gasteiger partial charge in [0.15, 0.2) is 11.5 Å². The standard InChI is InChI=1S/C48H28N2O2/c1-5-13-41-34(9-1)38-25-24-33(48-47(38)50(41)43-14-6-8-16-45(43)52-48)29-17-21-32(22-18-29)49-40-12-4-2-10-35(40)39-27-30(20-26-42(39)49)31-19-23-37-36-11-3-7-15-44(36)51-46(37)28-31/h1-28H. The summed E-state index contributed by atoms with van der Waals surface area (Å²) in [5.74, 6) is 1.76. The van der Waals surface area contributed by atoms with E-state index in [-0.39, 0.29) is 0 Å². The highest BCUT2D eigenvalue weighted by Gasteiger charge is 2.26. The molecule has 0 saturated heterocycles. The molecule has 0 amide bonds. The van der Waals surface area contributed by atoms with Gasteiger partial charge in [0.05, 0.1) is 27.8 Å². The molecule has 0 fully saturated rings. The van der Waals surface area contributed by atoms with E-state index < -0.39 is 0 Å². The molecule has 0 unspecified atom stereocenters. The Morgan fingerprint density at radius 1 is 0.385 bits per heavy atom. The topological polar surface area (TPSA) is 32.2 Å². The van der Waals surface area contributed by atoms with E-state index in [9.17, 15) is 0 Å². The first-order chi connectivity index (χ1) is 25.8. The summed E-state index contributed by atoms with van der Waals surface area (Å²) in [6, 6.07) is 60.6. The number of furan rings is 1. The van der Waals surface area contributed by atoms with Gasteiger partial charge < -0.3 is 18.3 Å². The number of hydrogen-bond acceptors (Lipinski definition) is 2. The molecule has 0 atom stereocenters. The van der Waals surface area contributed by atoms with Gasteiger partial charge in [0, 0.05) is 43.6 Å². The molecule has 0 saturated carbocycles. The van der Waals surface area contributed by atoms with E-state index in [1.807, 2.05) is 18.2 Å². The summed E-state index contributed by atoms with van der Waals surface area (Å²) >= 11 is 0. The minimum atomic E-state index is 0.865. The number of nitrogens with zero attached hydrogens (tertiary/aromatic N) is 2. The lowest BCUT2D eigenvalue weighted by Gasteiger charge is -2.23. The average molecular weight is 665 g/mol. The Balaban J connectivity index is 0.988. The van der Waals surface area contributed by atoms with Crippen molar-refractivity contribution in [1.82, 2.24) is 9.13 Å². The van der Waals surface area contributed by atoms with Gasteiger partial charge in [-0.15, -0.1) is 0 Å². The molecule has 12 rings (SSSR count). The number of fused-ring (bicyclic) bond motifs is 11. The Morgan fingerprint density at radius 2 is 1.00 bits per heavy atom. The van der Waals surface area contributed by atoms with E-state index in [0.717, 1.165) is 72.6 Å². The molecule has 1 aliphatic heterocycles. The first kappa shape index (κ1) is 27.7. The first-order valence-corrected chi connectivity index (χ1v) is 17.7. The number of aromatic nitrogens is 2. The average Bonchev–Trinajstić information content (AvgIpc) is 3.86. The van der Waals surface area contributed by atoms with Crippen LogP contribution in [-0.2, 0) is 0 Å². The predicted molar refractivity (Wildman–Crippen MR) is 213 cm³/mol. The van der Waals surface area contributed by atoms with Gasteiger partial charge >= 0.3 is 0 Å². The lowest BCUT2D eigenvalue weighted by Crippen LogP contribution is -2.05. The Labute approximate surface area is 297 Å². The normalized spacial score (nSPS) is 12.4. The van der Waals surface area contributed by atoms with Crippen molar-refractivity contribution in [3.05, 3.63) is 170 Å². The largest absolute Gasteiger partial charge is 0.456 e. The van der Waals surface area contributed by atoms with Crippen molar-refractivity contribution in [2.45, 2.75) is 0 Å². The highest BCUT2D eigenvalue weighted by molar-refractivity contribution is 6.14. The van der Waals surface area contributed by atoms with Gasteiger partial charge in [-0.3, -0.25) is 0 Å². The molecule has 0 N–H and O–H groups in total. The minimum absolute atomic E-state index is 0.865. The fraction of sp³-hybridized carbons (Fsp3) is 0. The molecular formula is C48H28N2O2. The summed E-state index contributed by atoms with van der Waals surface area (Å²) in [6.07, 6.45) is 0. The maximum atomic E-state index is 6.74. The van der Waals surface area contributed by atoms with Gasteiger partial charge in [0.2, 0.25) is 0 Å². The van der Waals surface area contributed by atoms with E-state index in [2.05, 4.69) is 161 Å². The van der Waals surface area contributed by atoms with E-state index in [4.69, 9.17) is 9.15 Å². The van der Waals surface area contributed by atoms with Gasteiger partial charge in [-0.25, -0.2) is 0 Å². The van der Waals surface area contributed by atoms with Crippen LogP contribution >= 0.6 is 0 Å². The van der Waals surface area contributed by atoms with E-state index in [1.165, 1.54) is 38.1 Å². The second-order valence-corrected chi connectivity index (χ2v) is 13.7.